The van der Waals surface area contributed by atoms with Crippen molar-refractivity contribution in [1.29, 1.82) is 0 Å². The van der Waals surface area contributed by atoms with Gasteiger partial charge in [0, 0.05) is 6.42 Å². The average molecular weight is 221 g/mol. The Kier molecular flexibility index (Phi) is 4.16. The number of ether oxygens (including phenoxy) is 2. The van der Waals surface area contributed by atoms with E-state index in [2.05, 4.69) is 5.92 Å². The molecule has 5 nitrogen and oxygen atoms in total. The van der Waals surface area contributed by atoms with Crippen molar-refractivity contribution in [3.8, 4) is 23.8 Å². The summed E-state index contributed by atoms with van der Waals surface area (Å²) in [6.07, 6.45) is 5.52. The Bertz CT molecular complexity index is 422. The standard InChI is InChI=1S/C11H11NO4/c1-3-4-7-16-9-5-6-11(15-2)10(8-9)12(13)14/h1,5-6,8H,4,7H2,2H3. The molecule has 0 spiro atoms. The number of nitro benzene ring substituents is 1. The van der Waals surface area contributed by atoms with Gasteiger partial charge in [-0.1, -0.05) is 0 Å². The van der Waals surface area contributed by atoms with Crippen LogP contribution in [0, 0.1) is 22.5 Å². The van der Waals surface area contributed by atoms with Crippen LogP contribution < -0.4 is 9.47 Å². The second-order valence-corrected chi connectivity index (χ2v) is 2.89. The Morgan fingerprint density at radius 3 is 2.88 bits per heavy atom. The number of hydrogen-bond acceptors (Lipinski definition) is 4. The van der Waals surface area contributed by atoms with Crippen molar-refractivity contribution in [2.24, 2.45) is 0 Å². The summed E-state index contributed by atoms with van der Waals surface area (Å²) in [7, 11) is 1.38. The molecule has 0 aliphatic heterocycles. The van der Waals surface area contributed by atoms with E-state index in [1.54, 1.807) is 6.07 Å². The summed E-state index contributed by atoms with van der Waals surface area (Å²) in [5, 5.41) is 10.7. The van der Waals surface area contributed by atoms with Gasteiger partial charge in [-0.05, 0) is 12.1 Å². The fourth-order valence-electron chi connectivity index (χ4n) is 1.13. The minimum Gasteiger partial charge on any atom is -0.492 e. The molecule has 0 unspecified atom stereocenters. The number of hydrogen-bond donors (Lipinski definition) is 0. The molecule has 1 aromatic carbocycles. The fraction of sp³-hybridized carbons (Fsp3) is 0.273. The summed E-state index contributed by atoms with van der Waals surface area (Å²) in [5.74, 6) is 3.02. The van der Waals surface area contributed by atoms with Gasteiger partial charge >= 0.3 is 5.69 Å². The number of terminal acetylenes is 1. The number of methoxy groups -OCH3 is 1. The zero-order valence-corrected chi connectivity index (χ0v) is 8.80. The minimum absolute atomic E-state index is 0.124. The van der Waals surface area contributed by atoms with Gasteiger partial charge in [0.15, 0.2) is 5.75 Å². The molecule has 0 N–H and O–H groups in total. The smallest absolute Gasteiger partial charge is 0.314 e. The molecule has 0 radical (unpaired) electrons. The molecule has 84 valence electrons. The van der Waals surface area contributed by atoms with E-state index >= 15 is 0 Å². The second-order valence-electron chi connectivity index (χ2n) is 2.89. The Hall–Kier alpha value is -2.22. The van der Waals surface area contributed by atoms with Gasteiger partial charge in [-0.25, -0.2) is 0 Å². The number of rotatable bonds is 5. The van der Waals surface area contributed by atoms with Crippen LogP contribution in [0.15, 0.2) is 18.2 Å². The zero-order valence-electron chi connectivity index (χ0n) is 8.80. The van der Waals surface area contributed by atoms with E-state index in [1.807, 2.05) is 0 Å². The molecule has 0 heterocycles. The molecule has 0 aliphatic carbocycles. The lowest BCUT2D eigenvalue weighted by Crippen LogP contribution is -1.98. The molecule has 16 heavy (non-hydrogen) atoms. The van der Waals surface area contributed by atoms with Crippen molar-refractivity contribution in [1.82, 2.24) is 0 Å². The highest BCUT2D eigenvalue weighted by atomic mass is 16.6. The largest absolute Gasteiger partial charge is 0.492 e. The van der Waals surface area contributed by atoms with Crippen molar-refractivity contribution < 1.29 is 14.4 Å². The molecule has 0 amide bonds. The first-order chi connectivity index (χ1) is 7.69. The Balaban J connectivity index is 2.86. The van der Waals surface area contributed by atoms with Crippen LogP contribution in [0.4, 0.5) is 5.69 Å². The molecule has 1 rings (SSSR count). The lowest BCUT2D eigenvalue weighted by atomic mass is 10.3. The highest BCUT2D eigenvalue weighted by molar-refractivity contribution is 5.50. The molecule has 5 heteroatoms. The third-order valence-corrected chi connectivity index (χ3v) is 1.86. The van der Waals surface area contributed by atoms with E-state index in [0.717, 1.165) is 0 Å². The Morgan fingerprint density at radius 1 is 1.56 bits per heavy atom. The van der Waals surface area contributed by atoms with E-state index in [9.17, 15) is 10.1 Å². The third-order valence-electron chi connectivity index (χ3n) is 1.86. The van der Waals surface area contributed by atoms with Crippen molar-refractivity contribution in [3.05, 3.63) is 28.3 Å². The fourth-order valence-corrected chi connectivity index (χ4v) is 1.13. The molecule has 0 saturated carbocycles. The van der Waals surface area contributed by atoms with E-state index < -0.39 is 4.92 Å². The first kappa shape index (κ1) is 11.9. The summed E-state index contributed by atoms with van der Waals surface area (Å²) in [6.45, 7) is 0.333. The number of nitrogens with zero attached hydrogens (tertiary/aromatic N) is 1. The Morgan fingerprint density at radius 2 is 2.31 bits per heavy atom. The van der Waals surface area contributed by atoms with Crippen LogP contribution in [0.1, 0.15) is 6.42 Å². The Labute approximate surface area is 93.1 Å². The quantitative estimate of drug-likeness (QED) is 0.330. The molecular weight excluding hydrogens is 210 g/mol. The van der Waals surface area contributed by atoms with Crippen LogP contribution in [0.3, 0.4) is 0 Å². The van der Waals surface area contributed by atoms with Gasteiger partial charge in [0.1, 0.15) is 5.75 Å². The monoisotopic (exact) mass is 221 g/mol. The summed E-state index contributed by atoms with van der Waals surface area (Å²) in [5.41, 5.74) is -0.124. The third kappa shape index (κ3) is 2.89. The van der Waals surface area contributed by atoms with Crippen LogP contribution in [0.25, 0.3) is 0 Å². The first-order valence-corrected chi connectivity index (χ1v) is 4.57. The summed E-state index contributed by atoms with van der Waals surface area (Å²) in [6, 6.07) is 4.40. The van der Waals surface area contributed by atoms with Crippen LogP contribution >= 0.6 is 0 Å². The van der Waals surface area contributed by atoms with Crippen molar-refractivity contribution in [2.75, 3.05) is 13.7 Å². The van der Waals surface area contributed by atoms with Crippen molar-refractivity contribution >= 4 is 5.69 Å². The maximum Gasteiger partial charge on any atom is 0.314 e. The molecular formula is C11H11NO4. The molecule has 0 saturated heterocycles. The predicted octanol–water partition coefficient (Wildman–Crippen LogP) is 2.01. The normalized spacial score (nSPS) is 9.25. The van der Waals surface area contributed by atoms with Crippen LogP contribution in [0.5, 0.6) is 11.5 Å². The van der Waals surface area contributed by atoms with Crippen LogP contribution in [-0.2, 0) is 0 Å². The molecule has 1 aromatic rings. The average Bonchev–Trinajstić information content (AvgIpc) is 2.29. The molecule has 0 atom stereocenters. The first-order valence-electron chi connectivity index (χ1n) is 4.57. The van der Waals surface area contributed by atoms with Gasteiger partial charge in [0.2, 0.25) is 0 Å². The van der Waals surface area contributed by atoms with Gasteiger partial charge in [0.05, 0.1) is 24.7 Å². The minimum atomic E-state index is -0.521. The van der Waals surface area contributed by atoms with E-state index in [4.69, 9.17) is 15.9 Å². The molecule has 0 fully saturated rings. The lowest BCUT2D eigenvalue weighted by molar-refractivity contribution is -0.385. The lowest BCUT2D eigenvalue weighted by Gasteiger charge is -2.06. The van der Waals surface area contributed by atoms with Gasteiger partial charge < -0.3 is 9.47 Å². The SMILES string of the molecule is C#CCCOc1ccc(OC)c([N+](=O)[O-])c1. The maximum absolute atomic E-state index is 10.7. The van der Waals surface area contributed by atoms with E-state index in [-0.39, 0.29) is 11.4 Å². The number of benzene rings is 1. The highest BCUT2D eigenvalue weighted by Gasteiger charge is 2.15. The van der Waals surface area contributed by atoms with Gasteiger partial charge in [-0.3, -0.25) is 10.1 Å². The van der Waals surface area contributed by atoms with E-state index in [1.165, 1.54) is 19.2 Å². The summed E-state index contributed by atoms with van der Waals surface area (Å²) in [4.78, 5) is 10.2. The number of nitro groups is 1. The van der Waals surface area contributed by atoms with Gasteiger partial charge in [-0.2, -0.15) is 0 Å². The second kappa shape index (κ2) is 5.61. The van der Waals surface area contributed by atoms with Crippen LogP contribution in [0.2, 0.25) is 0 Å². The maximum atomic E-state index is 10.7. The zero-order chi connectivity index (χ0) is 12.0. The van der Waals surface area contributed by atoms with Crippen molar-refractivity contribution in [2.45, 2.75) is 6.42 Å². The molecule has 0 aliphatic rings. The molecule has 0 bridgehead atoms. The topological polar surface area (TPSA) is 61.6 Å². The van der Waals surface area contributed by atoms with Gasteiger partial charge in [-0.15, -0.1) is 12.3 Å². The molecule has 0 aromatic heterocycles. The van der Waals surface area contributed by atoms with Gasteiger partial charge in [0.25, 0.3) is 0 Å². The predicted molar refractivity (Wildman–Crippen MR) is 58.6 cm³/mol. The summed E-state index contributed by atoms with van der Waals surface area (Å²) < 4.78 is 10.1. The highest BCUT2D eigenvalue weighted by Crippen LogP contribution is 2.30. The van der Waals surface area contributed by atoms with E-state index in [0.29, 0.717) is 18.8 Å². The summed E-state index contributed by atoms with van der Waals surface area (Å²) >= 11 is 0. The van der Waals surface area contributed by atoms with Crippen LogP contribution in [-0.4, -0.2) is 18.6 Å². The van der Waals surface area contributed by atoms with Crippen molar-refractivity contribution in [3.63, 3.8) is 0 Å².